The number of carbonyl (C=O) groups is 2. The molecule has 0 aromatic carbocycles. The smallest absolute Gasteiger partial charge is 0.414 e. The van der Waals surface area contributed by atoms with E-state index in [9.17, 15) is 0 Å². The normalized spacial score (nSPS) is 24.1. The van der Waals surface area contributed by atoms with Crippen molar-refractivity contribution in [3.63, 3.8) is 0 Å². The van der Waals surface area contributed by atoms with Crippen molar-refractivity contribution in [2.75, 3.05) is 0 Å². The third-order valence-corrected chi connectivity index (χ3v) is 2.06. The first-order valence-electron chi connectivity index (χ1n) is 4.42. The fraction of sp³-hybridized carbons (Fsp3) is 0.750. The Hall–Kier alpha value is -0.452. The molecule has 1 unspecified atom stereocenters. The number of nitrogens with two attached hydrogens (primary N) is 2. The molecule has 0 spiro atoms. The Morgan fingerprint density at radius 3 is 1.33 bits per heavy atom. The standard InChI is InChI=1S/C6H14N2.C2H2O4.Pt/c7-5-3-1-2-4-6(5)8;3-1(4)2(5)6;/h5-6H,1-4,7-8H2;(H,3,4)(H,5,6);/t5-,6?;;/m1../s1. The van der Waals surface area contributed by atoms with Gasteiger partial charge in [0.15, 0.2) is 0 Å². The van der Waals surface area contributed by atoms with E-state index in [4.69, 9.17) is 31.3 Å². The molecule has 0 heterocycles. The van der Waals surface area contributed by atoms with E-state index >= 15 is 0 Å². The molecule has 0 saturated heterocycles. The molecule has 0 aliphatic heterocycles. The predicted molar refractivity (Wildman–Crippen MR) is 49.7 cm³/mol. The molecule has 0 aromatic heterocycles. The summed E-state index contributed by atoms with van der Waals surface area (Å²) in [7, 11) is 0. The van der Waals surface area contributed by atoms with Crippen LogP contribution in [0.15, 0.2) is 0 Å². The molecular weight excluding hydrogens is 383 g/mol. The molecule has 1 rings (SSSR count). The second kappa shape index (κ2) is 8.82. The van der Waals surface area contributed by atoms with Crippen LogP contribution in [0.1, 0.15) is 25.7 Å². The monoisotopic (exact) mass is 399 g/mol. The first-order chi connectivity index (χ1) is 6.45. The van der Waals surface area contributed by atoms with Gasteiger partial charge in [-0.15, -0.1) is 0 Å². The van der Waals surface area contributed by atoms with Crippen LogP contribution in [0, 0.1) is 0 Å². The van der Waals surface area contributed by atoms with Gasteiger partial charge in [-0.1, -0.05) is 12.8 Å². The van der Waals surface area contributed by atoms with Crippen LogP contribution in [-0.2, 0) is 30.7 Å². The number of carboxylic acids is 2. The Kier molecular flexibility index (Phi) is 9.98. The van der Waals surface area contributed by atoms with E-state index < -0.39 is 11.9 Å². The van der Waals surface area contributed by atoms with Gasteiger partial charge < -0.3 is 21.7 Å². The molecule has 1 aliphatic carbocycles. The van der Waals surface area contributed by atoms with Gasteiger partial charge in [-0.25, -0.2) is 9.59 Å². The summed E-state index contributed by atoms with van der Waals surface area (Å²) in [5, 5.41) is 14.8. The minimum absolute atomic E-state index is 0. The minimum atomic E-state index is -1.82. The molecule has 0 bridgehead atoms. The topological polar surface area (TPSA) is 127 Å². The van der Waals surface area contributed by atoms with Crippen LogP contribution in [0.4, 0.5) is 0 Å². The van der Waals surface area contributed by atoms with Gasteiger partial charge in [0.05, 0.1) is 0 Å². The van der Waals surface area contributed by atoms with E-state index in [1.807, 2.05) is 0 Å². The fourth-order valence-electron chi connectivity index (χ4n) is 1.19. The van der Waals surface area contributed by atoms with E-state index in [0.717, 1.165) is 12.8 Å². The summed E-state index contributed by atoms with van der Waals surface area (Å²) in [6.45, 7) is 0. The van der Waals surface area contributed by atoms with Gasteiger partial charge in [-0.3, -0.25) is 0 Å². The summed E-state index contributed by atoms with van der Waals surface area (Å²) in [6, 6.07) is 0.562. The number of carboxylic acid groups (broad SMARTS) is 2. The Balaban J connectivity index is 0. The number of hydrogen-bond donors (Lipinski definition) is 4. The maximum Gasteiger partial charge on any atom is 0.414 e. The SMILES string of the molecule is NC1CCCC[C@H]1N.O=C(O)C(=O)O.[Pt]. The number of rotatable bonds is 0. The summed E-state index contributed by atoms with van der Waals surface area (Å²) in [6.07, 6.45) is 4.80. The molecule has 1 aliphatic rings. The van der Waals surface area contributed by atoms with Crippen LogP contribution in [0.3, 0.4) is 0 Å². The Bertz CT molecular complexity index is 191. The van der Waals surface area contributed by atoms with E-state index in [1.54, 1.807) is 0 Å². The van der Waals surface area contributed by atoms with Gasteiger partial charge in [0.25, 0.3) is 0 Å². The zero-order valence-electron chi connectivity index (χ0n) is 8.16. The van der Waals surface area contributed by atoms with Crippen molar-refractivity contribution in [3.8, 4) is 0 Å². The van der Waals surface area contributed by atoms with Crippen molar-refractivity contribution in [1.29, 1.82) is 0 Å². The molecule has 92 valence electrons. The molecule has 2 atom stereocenters. The average molecular weight is 399 g/mol. The van der Waals surface area contributed by atoms with Crippen LogP contribution >= 0.6 is 0 Å². The van der Waals surface area contributed by atoms with Crippen LogP contribution in [-0.4, -0.2) is 34.2 Å². The summed E-state index contributed by atoms with van der Waals surface area (Å²) < 4.78 is 0. The second-order valence-electron chi connectivity index (χ2n) is 3.22. The van der Waals surface area contributed by atoms with Gasteiger partial charge in [-0.05, 0) is 12.8 Å². The number of aliphatic carboxylic acids is 2. The Morgan fingerprint density at radius 1 is 0.933 bits per heavy atom. The summed E-state index contributed by atoms with van der Waals surface area (Å²) in [5.74, 6) is -3.65. The van der Waals surface area contributed by atoms with Crippen LogP contribution < -0.4 is 11.5 Å². The third-order valence-electron chi connectivity index (χ3n) is 2.06. The van der Waals surface area contributed by atoms with Crippen molar-refractivity contribution >= 4 is 11.9 Å². The zero-order valence-corrected chi connectivity index (χ0v) is 10.4. The zero-order chi connectivity index (χ0) is 11.1. The average Bonchev–Trinajstić information content (AvgIpc) is 2.11. The van der Waals surface area contributed by atoms with E-state index in [0.29, 0.717) is 0 Å². The molecule has 0 radical (unpaired) electrons. The molecule has 1 saturated carbocycles. The first kappa shape index (κ1) is 17.0. The van der Waals surface area contributed by atoms with E-state index in [-0.39, 0.29) is 33.1 Å². The summed E-state index contributed by atoms with van der Waals surface area (Å²) >= 11 is 0. The number of hydrogen-bond acceptors (Lipinski definition) is 4. The van der Waals surface area contributed by atoms with Crippen LogP contribution in [0.5, 0.6) is 0 Å². The van der Waals surface area contributed by atoms with Gasteiger partial charge in [0, 0.05) is 33.1 Å². The molecule has 6 N–H and O–H groups in total. The molecule has 0 aromatic rings. The third kappa shape index (κ3) is 8.54. The van der Waals surface area contributed by atoms with Gasteiger partial charge in [-0.2, -0.15) is 0 Å². The first-order valence-corrected chi connectivity index (χ1v) is 4.42. The molecule has 6 nitrogen and oxygen atoms in total. The Labute approximate surface area is 102 Å². The van der Waals surface area contributed by atoms with Crippen molar-refractivity contribution in [3.05, 3.63) is 0 Å². The van der Waals surface area contributed by atoms with Crippen molar-refractivity contribution in [2.24, 2.45) is 11.5 Å². The molecule has 15 heavy (non-hydrogen) atoms. The fourth-order valence-corrected chi connectivity index (χ4v) is 1.19. The Morgan fingerprint density at radius 2 is 1.20 bits per heavy atom. The van der Waals surface area contributed by atoms with Crippen molar-refractivity contribution in [1.82, 2.24) is 0 Å². The minimum Gasteiger partial charge on any atom is -0.473 e. The molecular formula is C8H16N2O4Pt. The quantitative estimate of drug-likeness (QED) is 0.402. The van der Waals surface area contributed by atoms with Crippen LogP contribution in [0.25, 0.3) is 0 Å². The van der Waals surface area contributed by atoms with Crippen molar-refractivity contribution < 1.29 is 40.9 Å². The summed E-state index contributed by atoms with van der Waals surface area (Å²) in [5.41, 5.74) is 11.3. The van der Waals surface area contributed by atoms with E-state index in [1.165, 1.54) is 12.8 Å². The predicted octanol–water partition coefficient (Wildman–Crippen LogP) is -0.632. The summed E-state index contributed by atoms with van der Waals surface area (Å²) in [4.78, 5) is 18.2. The van der Waals surface area contributed by atoms with Gasteiger partial charge >= 0.3 is 11.9 Å². The van der Waals surface area contributed by atoms with E-state index in [2.05, 4.69) is 0 Å². The maximum atomic E-state index is 9.10. The van der Waals surface area contributed by atoms with Crippen molar-refractivity contribution in [2.45, 2.75) is 37.8 Å². The van der Waals surface area contributed by atoms with Gasteiger partial charge in [0.1, 0.15) is 0 Å². The van der Waals surface area contributed by atoms with Gasteiger partial charge in [0.2, 0.25) is 0 Å². The molecule has 0 amide bonds. The van der Waals surface area contributed by atoms with Crippen LogP contribution in [0.2, 0.25) is 0 Å². The molecule has 1 fully saturated rings. The maximum absolute atomic E-state index is 9.10. The molecule has 7 heteroatoms. The largest absolute Gasteiger partial charge is 0.473 e. The second-order valence-corrected chi connectivity index (χ2v) is 3.22.